The molecule has 5 rings (SSSR count). The molecule has 0 radical (unpaired) electrons. The number of aliphatic carboxylic acids is 1. The third kappa shape index (κ3) is 4.35. The lowest BCUT2D eigenvalue weighted by Gasteiger charge is -2.62. The monoisotopic (exact) mass is 550 g/mol. The number of carboxylic acids is 1. The van der Waals surface area contributed by atoms with Crippen LogP contribution in [0.2, 0.25) is 0 Å². The molecule has 0 bridgehead atoms. The Kier molecular flexibility index (Phi) is 7.82. The van der Waals surface area contributed by atoms with E-state index in [0.29, 0.717) is 25.7 Å². The Hall–Kier alpha value is -1.94. The van der Waals surface area contributed by atoms with Gasteiger partial charge in [0.05, 0.1) is 12.2 Å². The molecule has 3 N–H and O–H groups in total. The maximum atomic E-state index is 17.1. The van der Waals surface area contributed by atoms with Crippen LogP contribution in [0.1, 0.15) is 86.0 Å². The number of carbonyl (C=O) groups is 3. The molecule has 0 aromatic heterocycles. The molecule has 4 fully saturated rings. The number of ketones is 2. The zero-order chi connectivity index (χ0) is 29.0. The van der Waals surface area contributed by atoms with Gasteiger partial charge in [-0.1, -0.05) is 38.3 Å². The molecule has 8 atom stereocenters. The number of unbranched alkanes of at least 4 members (excludes halogenated alkanes) is 2. The van der Waals surface area contributed by atoms with Crippen molar-refractivity contribution in [3.05, 3.63) is 23.8 Å². The summed E-state index contributed by atoms with van der Waals surface area (Å²) in [5, 5.41) is 29.3. The van der Waals surface area contributed by atoms with Crippen molar-refractivity contribution in [1.82, 2.24) is 0 Å². The summed E-state index contributed by atoms with van der Waals surface area (Å²) in [6.07, 6.45) is 7.28. The van der Waals surface area contributed by atoms with E-state index in [2.05, 4.69) is 6.92 Å². The van der Waals surface area contributed by atoms with Gasteiger partial charge in [-0.2, -0.15) is 0 Å². The SMILES string of the molecule is CC1(C)O[C@@H]2C[C@H]3[C@@H]4CCC5=CC(=O)C=C[C@]5(C)C4(F)[C@@H](O)C[C@]3(C)[C@]2(C(=O)CO)O1.CCCCCC(=O)O. The molecule has 5 aliphatic rings. The van der Waals surface area contributed by atoms with Crippen molar-refractivity contribution < 1.29 is 43.6 Å². The van der Waals surface area contributed by atoms with Crippen LogP contribution < -0.4 is 0 Å². The number of rotatable bonds is 6. The zero-order valence-electron chi connectivity index (χ0n) is 23.7. The molecule has 1 saturated heterocycles. The molecule has 0 aromatic carbocycles. The minimum Gasteiger partial charge on any atom is -0.481 e. The summed E-state index contributed by atoms with van der Waals surface area (Å²) < 4.78 is 29.5. The minimum atomic E-state index is -1.98. The largest absolute Gasteiger partial charge is 0.481 e. The fourth-order valence-electron chi connectivity index (χ4n) is 8.45. The molecule has 0 amide bonds. The molecule has 218 valence electrons. The van der Waals surface area contributed by atoms with Gasteiger partial charge in [0.2, 0.25) is 0 Å². The fraction of sp³-hybridized carbons (Fsp3) is 0.767. The van der Waals surface area contributed by atoms with Crippen LogP contribution in [-0.4, -0.2) is 68.7 Å². The number of hydrogen-bond donors (Lipinski definition) is 3. The average Bonchev–Trinajstić information content (AvgIpc) is 3.26. The quantitative estimate of drug-likeness (QED) is 0.422. The average molecular weight is 551 g/mol. The fourth-order valence-corrected chi connectivity index (χ4v) is 8.45. The van der Waals surface area contributed by atoms with Gasteiger partial charge in [0.15, 0.2) is 28.6 Å². The third-order valence-electron chi connectivity index (χ3n) is 10.2. The smallest absolute Gasteiger partial charge is 0.303 e. The number of carbonyl (C=O) groups excluding carboxylic acids is 2. The normalized spacial score (nSPS) is 43.3. The number of carboxylic acid groups (broad SMARTS) is 1. The molecule has 8 nitrogen and oxygen atoms in total. The first kappa shape index (κ1) is 30.0. The van der Waals surface area contributed by atoms with Crippen LogP contribution in [0.25, 0.3) is 0 Å². The van der Waals surface area contributed by atoms with Crippen molar-refractivity contribution in [2.75, 3.05) is 6.61 Å². The van der Waals surface area contributed by atoms with Crippen LogP contribution in [0.3, 0.4) is 0 Å². The molecule has 0 aromatic rings. The van der Waals surface area contributed by atoms with Gasteiger partial charge < -0.3 is 24.8 Å². The van der Waals surface area contributed by atoms with Crippen LogP contribution in [0.4, 0.5) is 4.39 Å². The second-order valence-electron chi connectivity index (χ2n) is 12.8. The lowest BCUT2D eigenvalue weighted by atomic mass is 9.44. The Bertz CT molecular complexity index is 1080. The summed E-state index contributed by atoms with van der Waals surface area (Å²) >= 11 is 0. The molecule has 3 saturated carbocycles. The van der Waals surface area contributed by atoms with E-state index in [9.17, 15) is 24.6 Å². The molecule has 1 aliphatic heterocycles. The highest BCUT2D eigenvalue weighted by atomic mass is 19.1. The molecule has 9 heteroatoms. The standard InChI is InChI=1S/C24H31FO6.C6H12O2/c1-20(2)30-19-10-16-15-6-5-13-9-14(27)7-8-21(13,3)23(15,25)17(28)11-22(16,4)24(19,31-20)18(29)12-26;1-2-3-4-5-6(7)8/h7-9,15-17,19,26,28H,5-6,10-12H2,1-4H3;2-5H2,1H3,(H,7,8)/t15-,16-,17-,19+,21-,22-,23?,24+;/m0./s1. The molecule has 1 heterocycles. The van der Waals surface area contributed by atoms with E-state index in [1.54, 1.807) is 26.8 Å². The van der Waals surface area contributed by atoms with Gasteiger partial charge in [-0.15, -0.1) is 0 Å². The first-order valence-corrected chi connectivity index (χ1v) is 14.2. The number of allylic oxidation sites excluding steroid dienone is 4. The van der Waals surface area contributed by atoms with Gasteiger partial charge in [-0.3, -0.25) is 14.4 Å². The molecule has 0 spiro atoms. The van der Waals surface area contributed by atoms with Gasteiger partial charge in [0.25, 0.3) is 0 Å². The number of fused-ring (bicyclic) bond motifs is 7. The Balaban J connectivity index is 0.000000386. The van der Waals surface area contributed by atoms with Gasteiger partial charge in [-0.05, 0) is 70.9 Å². The van der Waals surface area contributed by atoms with E-state index in [1.807, 2.05) is 6.92 Å². The summed E-state index contributed by atoms with van der Waals surface area (Å²) in [5.41, 5.74) is -4.66. The van der Waals surface area contributed by atoms with Crippen molar-refractivity contribution >= 4 is 17.5 Å². The third-order valence-corrected chi connectivity index (χ3v) is 10.2. The maximum absolute atomic E-state index is 17.1. The number of aliphatic hydroxyl groups excluding tert-OH is 2. The van der Waals surface area contributed by atoms with Crippen LogP contribution >= 0.6 is 0 Å². The van der Waals surface area contributed by atoms with E-state index in [0.717, 1.165) is 24.8 Å². The second-order valence-corrected chi connectivity index (χ2v) is 12.8. The highest BCUT2D eigenvalue weighted by Gasteiger charge is 2.79. The molecular weight excluding hydrogens is 507 g/mol. The van der Waals surface area contributed by atoms with E-state index in [4.69, 9.17) is 14.6 Å². The molecule has 4 aliphatic carbocycles. The van der Waals surface area contributed by atoms with Crippen LogP contribution in [0.15, 0.2) is 23.8 Å². The molecule has 1 unspecified atom stereocenters. The van der Waals surface area contributed by atoms with Gasteiger partial charge in [0.1, 0.15) is 6.61 Å². The summed E-state index contributed by atoms with van der Waals surface area (Å²) in [5.74, 6) is -3.14. The summed E-state index contributed by atoms with van der Waals surface area (Å²) in [6, 6.07) is 0. The predicted octanol–water partition coefficient (Wildman–Crippen LogP) is 4.07. The number of Topliss-reactive ketones (excluding diaryl/α,β-unsaturated/α-hetero) is 1. The van der Waals surface area contributed by atoms with Gasteiger partial charge >= 0.3 is 5.97 Å². The Morgan fingerprint density at radius 3 is 2.46 bits per heavy atom. The predicted molar refractivity (Wildman–Crippen MR) is 140 cm³/mol. The number of halogens is 1. The molecule has 39 heavy (non-hydrogen) atoms. The van der Waals surface area contributed by atoms with Gasteiger partial charge in [0, 0.05) is 23.2 Å². The van der Waals surface area contributed by atoms with Crippen molar-refractivity contribution in [2.24, 2.45) is 22.7 Å². The first-order valence-electron chi connectivity index (χ1n) is 14.2. The minimum absolute atomic E-state index is 0.0109. The van der Waals surface area contributed by atoms with Crippen molar-refractivity contribution in [1.29, 1.82) is 0 Å². The number of aliphatic hydroxyl groups is 2. The van der Waals surface area contributed by atoms with Crippen LogP contribution in [-0.2, 0) is 23.9 Å². The number of alkyl halides is 1. The maximum Gasteiger partial charge on any atom is 0.303 e. The Morgan fingerprint density at radius 2 is 1.85 bits per heavy atom. The number of ether oxygens (including phenoxy) is 2. The second kappa shape index (κ2) is 10.2. The Labute approximate surface area is 229 Å². The summed E-state index contributed by atoms with van der Waals surface area (Å²) in [7, 11) is 0. The van der Waals surface area contributed by atoms with E-state index in [1.165, 1.54) is 12.2 Å². The van der Waals surface area contributed by atoms with E-state index < -0.39 is 64.4 Å². The van der Waals surface area contributed by atoms with E-state index in [-0.39, 0.29) is 18.1 Å². The highest BCUT2D eigenvalue weighted by Crippen LogP contribution is 2.72. The zero-order valence-corrected chi connectivity index (χ0v) is 23.7. The topological polar surface area (TPSA) is 130 Å². The van der Waals surface area contributed by atoms with Crippen molar-refractivity contribution in [3.8, 4) is 0 Å². The lowest BCUT2D eigenvalue weighted by Crippen LogP contribution is -2.70. The van der Waals surface area contributed by atoms with E-state index >= 15 is 4.39 Å². The Morgan fingerprint density at radius 1 is 1.15 bits per heavy atom. The summed E-state index contributed by atoms with van der Waals surface area (Å²) in [4.78, 5) is 35.0. The number of hydrogen-bond acceptors (Lipinski definition) is 7. The van der Waals surface area contributed by atoms with Crippen molar-refractivity contribution in [2.45, 2.75) is 115 Å². The summed E-state index contributed by atoms with van der Waals surface area (Å²) in [6.45, 7) is 8.47. The van der Waals surface area contributed by atoms with Crippen molar-refractivity contribution in [3.63, 3.8) is 0 Å². The lowest BCUT2D eigenvalue weighted by molar-refractivity contribution is -0.246. The first-order chi connectivity index (χ1) is 18.1. The van der Waals surface area contributed by atoms with Crippen LogP contribution in [0.5, 0.6) is 0 Å². The molecular formula is C30H43FO8. The van der Waals surface area contributed by atoms with Crippen LogP contribution in [0, 0.1) is 22.7 Å². The van der Waals surface area contributed by atoms with Gasteiger partial charge in [-0.25, -0.2) is 4.39 Å². The highest BCUT2D eigenvalue weighted by molar-refractivity contribution is 6.01.